The van der Waals surface area contributed by atoms with Gasteiger partial charge in [-0.05, 0) is 12.5 Å². The van der Waals surface area contributed by atoms with Gasteiger partial charge in [0.05, 0.1) is 16.9 Å². The van der Waals surface area contributed by atoms with E-state index in [0.717, 1.165) is 28.6 Å². The van der Waals surface area contributed by atoms with Crippen LogP contribution in [0.3, 0.4) is 0 Å². The van der Waals surface area contributed by atoms with Gasteiger partial charge in [-0.3, -0.25) is 18.3 Å². The van der Waals surface area contributed by atoms with E-state index in [-0.39, 0.29) is 22.4 Å². The van der Waals surface area contributed by atoms with Gasteiger partial charge >= 0.3 is 11.9 Å². The SMILES string of the molecule is Cn1cnc2c1c(=O)n(CCCSc1nnc3c(Cl)cc(C(F)(F)F)cn13)c(=O)n2C. The number of aryl methyl sites for hydroxylation is 2. The first kappa shape index (κ1) is 21.4. The van der Waals surface area contributed by atoms with Crippen molar-refractivity contribution in [2.45, 2.75) is 24.3 Å². The summed E-state index contributed by atoms with van der Waals surface area (Å²) in [7, 11) is 3.20. The Labute approximate surface area is 181 Å². The molecule has 4 rings (SSSR count). The molecular formula is C17H15ClF3N7O2S. The molecule has 0 amide bonds. The molecule has 0 spiro atoms. The number of rotatable bonds is 5. The molecule has 0 aliphatic heterocycles. The number of aromatic nitrogens is 7. The molecule has 0 bridgehead atoms. The molecule has 4 aromatic heterocycles. The number of imidazole rings is 1. The highest BCUT2D eigenvalue weighted by atomic mass is 35.5. The molecule has 4 heterocycles. The quantitative estimate of drug-likeness (QED) is 0.326. The minimum Gasteiger partial charge on any atom is -0.328 e. The first-order valence-electron chi connectivity index (χ1n) is 8.94. The minimum atomic E-state index is -4.56. The van der Waals surface area contributed by atoms with Crippen LogP contribution in [0.1, 0.15) is 12.0 Å². The van der Waals surface area contributed by atoms with Crippen LogP contribution >= 0.6 is 23.4 Å². The van der Waals surface area contributed by atoms with E-state index in [9.17, 15) is 22.8 Å². The zero-order valence-electron chi connectivity index (χ0n) is 16.2. The summed E-state index contributed by atoms with van der Waals surface area (Å²) in [5, 5.41) is 7.80. The maximum Gasteiger partial charge on any atom is 0.417 e. The van der Waals surface area contributed by atoms with Crippen molar-refractivity contribution in [2.24, 2.45) is 14.1 Å². The average Bonchev–Trinajstić information content (AvgIpc) is 3.29. The first-order valence-corrected chi connectivity index (χ1v) is 10.3. The Kier molecular flexibility index (Phi) is 5.33. The Balaban J connectivity index is 1.54. The van der Waals surface area contributed by atoms with Gasteiger partial charge in [-0.2, -0.15) is 13.2 Å². The number of nitrogens with zero attached hydrogens (tertiary/aromatic N) is 7. The van der Waals surface area contributed by atoms with Crippen LogP contribution in [-0.2, 0) is 26.8 Å². The van der Waals surface area contributed by atoms with E-state index in [0.29, 0.717) is 23.3 Å². The lowest BCUT2D eigenvalue weighted by Gasteiger charge is -2.09. The third-order valence-corrected chi connectivity index (χ3v) is 6.02. The van der Waals surface area contributed by atoms with Crippen LogP contribution in [0.25, 0.3) is 16.8 Å². The second-order valence-corrected chi connectivity index (χ2v) is 8.25. The Morgan fingerprint density at radius 2 is 1.90 bits per heavy atom. The summed E-state index contributed by atoms with van der Waals surface area (Å²) in [6.07, 6.45) is -1.82. The number of thioether (sulfide) groups is 1. The Bertz CT molecular complexity index is 1420. The van der Waals surface area contributed by atoms with Crippen molar-refractivity contribution in [2.75, 3.05) is 5.75 Å². The molecule has 0 N–H and O–H groups in total. The molecular weight excluding hydrogens is 459 g/mol. The zero-order valence-corrected chi connectivity index (χ0v) is 17.8. The Hall–Kier alpha value is -2.80. The molecule has 0 unspecified atom stereocenters. The highest BCUT2D eigenvalue weighted by Crippen LogP contribution is 2.33. The summed E-state index contributed by atoms with van der Waals surface area (Å²) in [5.74, 6) is 0.383. The fourth-order valence-electron chi connectivity index (χ4n) is 3.17. The molecule has 14 heteroatoms. The normalized spacial score (nSPS) is 12.3. The van der Waals surface area contributed by atoms with E-state index >= 15 is 0 Å². The van der Waals surface area contributed by atoms with Gasteiger partial charge in [-0.1, -0.05) is 23.4 Å². The summed E-state index contributed by atoms with van der Waals surface area (Å²) < 4.78 is 44.3. The van der Waals surface area contributed by atoms with Gasteiger partial charge in [-0.25, -0.2) is 9.78 Å². The summed E-state index contributed by atoms with van der Waals surface area (Å²) in [6.45, 7) is 0.130. The molecule has 0 aliphatic rings. The molecule has 0 saturated carbocycles. The van der Waals surface area contributed by atoms with Crippen LogP contribution < -0.4 is 11.2 Å². The van der Waals surface area contributed by atoms with E-state index < -0.39 is 23.0 Å². The highest BCUT2D eigenvalue weighted by molar-refractivity contribution is 7.99. The first-order chi connectivity index (χ1) is 14.6. The van der Waals surface area contributed by atoms with Crippen LogP contribution in [0.4, 0.5) is 13.2 Å². The molecule has 31 heavy (non-hydrogen) atoms. The molecule has 164 valence electrons. The molecule has 0 radical (unpaired) electrons. The van der Waals surface area contributed by atoms with Crippen molar-refractivity contribution in [1.29, 1.82) is 0 Å². The topological polar surface area (TPSA) is 92.0 Å². The Morgan fingerprint density at radius 1 is 1.16 bits per heavy atom. The molecule has 0 atom stereocenters. The van der Waals surface area contributed by atoms with Crippen LogP contribution in [0, 0.1) is 0 Å². The van der Waals surface area contributed by atoms with Crippen molar-refractivity contribution >= 4 is 40.2 Å². The van der Waals surface area contributed by atoms with E-state index in [1.807, 2.05) is 0 Å². The predicted octanol–water partition coefficient (Wildman–Crippen LogP) is 2.33. The van der Waals surface area contributed by atoms with Crippen molar-refractivity contribution < 1.29 is 13.2 Å². The maximum atomic E-state index is 13.1. The monoisotopic (exact) mass is 473 g/mol. The minimum absolute atomic E-state index is 0.115. The molecule has 0 aliphatic carbocycles. The van der Waals surface area contributed by atoms with E-state index in [4.69, 9.17) is 11.6 Å². The molecule has 9 nitrogen and oxygen atoms in total. The van der Waals surface area contributed by atoms with Gasteiger partial charge in [0.15, 0.2) is 22.0 Å². The van der Waals surface area contributed by atoms with Gasteiger partial charge in [0.2, 0.25) is 0 Å². The van der Waals surface area contributed by atoms with Gasteiger partial charge in [0.25, 0.3) is 5.56 Å². The largest absolute Gasteiger partial charge is 0.417 e. The fraction of sp³-hybridized carbons (Fsp3) is 0.353. The van der Waals surface area contributed by atoms with Crippen LogP contribution in [0.15, 0.2) is 33.3 Å². The number of hydrogen-bond acceptors (Lipinski definition) is 6. The molecule has 0 fully saturated rings. The fourth-order valence-corrected chi connectivity index (χ4v) is 4.25. The zero-order chi connectivity index (χ0) is 22.5. The van der Waals surface area contributed by atoms with Gasteiger partial charge in [0.1, 0.15) is 0 Å². The summed E-state index contributed by atoms with van der Waals surface area (Å²) in [6, 6.07) is 0.802. The van der Waals surface area contributed by atoms with Crippen molar-refractivity contribution in [1.82, 2.24) is 33.3 Å². The van der Waals surface area contributed by atoms with Crippen LogP contribution in [-0.4, -0.2) is 39.0 Å². The maximum absolute atomic E-state index is 13.1. The highest BCUT2D eigenvalue weighted by Gasteiger charge is 2.32. The smallest absolute Gasteiger partial charge is 0.328 e. The van der Waals surface area contributed by atoms with Gasteiger partial charge in [-0.15, -0.1) is 10.2 Å². The molecule has 0 aromatic carbocycles. The number of pyridine rings is 1. The predicted molar refractivity (Wildman–Crippen MR) is 109 cm³/mol. The average molecular weight is 474 g/mol. The second kappa shape index (κ2) is 7.71. The second-order valence-electron chi connectivity index (χ2n) is 6.78. The number of alkyl halides is 3. The number of hydrogen-bond donors (Lipinski definition) is 0. The third kappa shape index (κ3) is 3.71. The van der Waals surface area contributed by atoms with Crippen molar-refractivity contribution in [3.8, 4) is 0 Å². The third-order valence-electron chi connectivity index (χ3n) is 4.71. The van der Waals surface area contributed by atoms with E-state index in [1.54, 1.807) is 11.6 Å². The van der Waals surface area contributed by atoms with E-state index in [1.165, 1.54) is 22.3 Å². The summed E-state index contributed by atoms with van der Waals surface area (Å²) in [4.78, 5) is 29.3. The number of fused-ring (bicyclic) bond motifs is 2. The molecule has 4 aromatic rings. The number of halogens is 4. The standard InChI is InChI=1S/C17H15ClF3N7O2S/c1-25-8-22-13-11(25)14(29)27(16(30)26(13)2)4-3-5-31-15-24-23-12-10(18)6-9(7-28(12)15)17(19,20)21/h6-8H,3-5H2,1-2H3. The summed E-state index contributed by atoms with van der Waals surface area (Å²) in [5.41, 5.74) is -1.12. The van der Waals surface area contributed by atoms with Crippen LogP contribution in [0.5, 0.6) is 0 Å². The van der Waals surface area contributed by atoms with Crippen molar-refractivity contribution in [3.05, 3.63) is 50.0 Å². The van der Waals surface area contributed by atoms with Crippen LogP contribution in [0.2, 0.25) is 5.02 Å². The van der Waals surface area contributed by atoms with E-state index in [2.05, 4.69) is 15.2 Å². The van der Waals surface area contributed by atoms with Gasteiger partial charge < -0.3 is 4.57 Å². The molecule has 0 saturated heterocycles. The lowest BCUT2D eigenvalue weighted by atomic mass is 10.3. The summed E-state index contributed by atoms with van der Waals surface area (Å²) >= 11 is 7.06. The van der Waals surface area contributed by atoms with Gasteiger partial charge in [0, 0.05) is 32.6 Å². The lowest BCUT2D eigenvalue weighted by molar-refractivity contribution is -0.137. The van der Waals surface area contributed by atoms with Crippen molar-refractivity contribution in [3.63, 3.8) is 0 Å². The lowest BCUT2D eigenvalue weighted by Crippen LogP contribution is -2.39. The Morgan fingerprint density at radius 3 is 2.61 bits per heavy atom.